The number of hydrogen-bond donors (Lipinski definition) is 2. The first kappa shape index (κ1) is 18.1. The Kier molecular flexibility index (Phi) is 6.24. The number of ether oxygens (including phenoxy) is 1. The van der Waals surface area contributed by atoms with Gasteiger partial charge < -0.3 is 15.4 Å². The van der Waals surface area contributed by atoms with Crippen LogP contribution in [0.5, 0.6) is 5.88 Å². The molecule has 2 N–H and O–H groups in total. The number of methoxy groups -OCH3 is 1. The highest BCUT2D eigenvalue weighted by Crippen LogP contribution is 2.28. The zero-order valence-electron chi connectivity index (χ0n) is 14.9. The monoisotopic (exact) mass is 349 g/mol. The molecular formula is C19H28FN3O2. The summed E-state index contributed by atoms with van der Waals surface area (Å²) in [5.74, 6) is 0.576. The molecule has 1 aromatic heterocycles. The lowest BCUT2D eigenvalue weighted by atomic mass is 9.86. The molecule has 0 spiro atoms. The molecule has 0 unspecified atom stereocenters. The van der Waals surface area contributed by atoms with Crippen LogP contribution in [-0.4, -0.2) is 30.6 Å². The van der Waals surface area contributed by atoms with Crippen LogP contribution in [0.25, 0.3) is 0 Å². The Balaban J connectivity index is 1.64. The molecule has 5 nitrogen and oxygen atoms in total. The van der Waals surface area contributed by atoms with Crippen LogP contribution in [0, 0.1) is 11.7 Å². The van der Waals surface area contributed by atoms with Gasteiger partial charge in [0.05, 0.1) is 18.8 Å². The minimum Gasteiger partial charge on any atom is -0.481 e. The SMILES string of the molecule is COc1nc(CC2CCCCC2)c(F)cc1CNC(=O)[C@@H]1CCCN1. The average Bonchev–Trinajstić information content (AvgIpc) is 3.17. The van der Waals surface area contributed by atoms with Gasteiger partial charge in [-0.1, -0.05) is 32.1 Å². The van der Waals surface area contributed by atoms with Crippen LogP contribution in [0.2, 0.25) is 0 Å². The molecular weight excluding hydrogens is 321 g/mol. The number of carbonyl (C=O) groups excluding carboxylic acids is 1. The van der Waals surface area contributed by atoms with E-state index in [1.165, 1.54) is 32.4 Å². The van der Waals surface area contributed by atoms with Crippen LogP contribution in [0.4, 0.5) is 4.39 Å². The second-order valence-electron chi connectivity index (χ2n) is 7.16. The summed E-state index contributed by atoms with van der Waals surface area (Å²) in [6.07, 6.45) is 8.55. The summed E-state index contributed by atoms with van der Waals surface area (Å²) in [6.45, 7) is 1.10. The van der Waals surface area contributed by atoms with Gasteiger partial charge in [0.1, 0.15) is 5.82 Å². The number of halogens is 1. The molecule has 1 aliphatic heterocycles. The van der Waals surface area contributed by atoms with Gasteiger partial charge in [0.25, 0.3) is 0 Å². The normalized spacial score (nSPS) is 21.3. The second-order valence-corrected chi connectivity index (χ2v) is 7.16. The van der Waals surface area contributed by atoms with Crippen LogP contribution in [0.15, 0.2) is 6.07 Å². The van der Waals surface area contributed by atoms with Gasteiger partial charge in [-0.25, -0.2) is 9.37 Å². The van der Waals surface area contributed by atoms with Gasteiger partial charge in [0, 0.05) is 12.1 Å². The zero-order chi connectivity index (χ0) is 17.6. The first-order valence-electron chi connectivity index (χ1n) is 9.40. The lowest BCUT2D eigenvalue weighted by Gasteiger charge is -2.21. The number of amides is 1. The van der Waals surface area contributed by atoms with E-state index in [1.54, 1.807) is 0 Å². The maximum Gasteiger partial charge on any atom is 0.237 e. The van der Waals surface area contributed by atoms with Crippen LogP contribution >= 0.6 is 0 Å². The van der Waals surface area contributed by atoms with E-state index < -0.39 is 0 Å². The molecule has 1 saturated carbocycles. The lowest BCUT2D eigenvalue weighted by molar-refractivity contribution is -0.122. The van der Waals surface area contributed by atoms with Gasteiger partial charge in [0.15, 0.2) is 0 Å². The van der Waals surface area contributed by atoms with Gasteiger partial charge in [0.2, 0.25) is 11.8 Å². The van der Waals surface area contributed by atoms with Crippen molar-refractivity contribution in [1.82, 2.24) is 15.6 Å². The van der Waals surface area contributed by atoms with Crippen molar-refractivity contribution in [3.63, 3.8) is 0 Å². The third-order valence-electron chi connectivity index (χ3n) is 5.32. The first-order chi connectivity index (χ1) is 12.2. The number of carbonyl (C=O) groups is 1. The van der Waals surface area contributed by atoms with Crippen molar-refractivity contribution >= 4 is 5.91 Å². The van der Waals surface area contributed by atoms with Crippen LogP contribution in [0.3, 0.4) is 0 Å². The number of pyridine rings is 1. The van der Waals surface area contributed by atoms with Crippen molar-refractivity contribution in [2.75, 3.05) is 13.7 Å². The van der Waals surface area contributed by atoms with Crippen LogP contribution < -0.4 is 15.4 Å². The molecule has 3 rings (SSSR count). The topological polar surface area (TPSA) is 63.2 Å². The molecule has 2 fully saturated rings. The maximum atomic E-state index is 14.5. The average molecular weight is 349 g/mol. The fourth-order valence-corrected chi connectivity index (χ4v) is 3.87. The van der Waals surface area contributed by atoms with Gasteiger partial charge in [-0.2, -0.15) is 0 Å². The number of hydrogen-bond acceptors (Lipinski definition) is 4. The summed E-state index contributed by atoms with van der Waals surface area (Å²) >= 11 is 0. The molecule has 1 saturated heterocycles. The zero-order valence-corrected chi connectivity index (χ0v) is 14.9. The Bertz CT molecular complexity index is 597. The van der Waals surface area contributed by atoms with Crippen molar-refractivity contribution in [3.8, 4) is 5.88 Å². The van der Waals surface area contributed by atoms with Gasteiger partial charge >= 0.3 is 0 Å². The van der Waals surface area contributed by atoms with Gasteiger partial charge in [-0.15, -0.1) is 0 Å². The van der Waals surface area contributed by atoms with E-state index in [0.717, 1.165) is 32.2 Å². The van der Waals surface area contributed by atoms with Crippen molar-refractivity contribution in [2.45, 2.75) is 64.0 Å². The van der Waals surface area contributed by atoms with E-state index in [2.05, 4.69) is 15.6 Å². The van der Waals surface area contributed by atoms with Crippen LogP contribution in [-0.2, 0) is 17.8 Å². The largest absolute Gasteiger partial charge is 0.481 e. The van der Waals surface area contributed by atoms with Gasteiger partial charge in [-0.3, -0.25) is 4.79 Å². The molecule has 2 aliphatic rings. The van der Waals surface area contributed by atoms with Crippen molar-refractivity contribution in [3.05, 3.63) is 23.1 Å². The third-order valence-corrected chi connectivity index (χ3v) is 5.32. The molecule has 138 valence electrons. The predicted octanol–water partition coefficient (Wildman–Crippen LogP) is 2.72. The maximum absolute atomic E-state index is 14.5. The summed E-state index contributed by atoms with van der Waals surface area (Å²) in [5.41, 5.74) is 1.06. The summed E-state index contributed by atoms with van der Waals surface area (Å²) in [5, 5.41) is 6.01. The molecule has 0 bridgehead atoms. The number of nitrogens with zero attached hydrogens (tertiary/aromatic N) is 1. The van der Waals surface area contributed by atoms with E-state index in [9.17, 15) is 9.18 Å². The first-order valence-corrected chi connectivity index (χ1v) is 9.40. The van der Waals surface area contributed by atoms with E-state index in [4.69, 9.17) is 4.74 Å². The number of nitrogens with one attached hydrogen (secondary N) is 2. The Labute approximate surface area is 148 Å². The minimum absolute atomic E-state index is 0.0498. The van der Waals surface area contributed by atoms with Crippen molar-refractivity contribution in [2.24, 2.45) is 5.92 Å². The summed E-state index contributed by atoms with van der Waals surface area (Å²) in [7, 11) is 1.54. The fraction of sp³-hybridized carbons (Fsp3) is 0.684. The second kappa shape index (κ2) is 8.61. The Hall–Kier alpha value is -1.69. The van der Waals surface area contributed by atoms with E-state index in [0.29, 0.717) is 29.5 Å². The molecule has 0 aromatic carbocycles. The van der Waals surface area contributed by atoms with Crippen LogP contribution in [0.1, 0.15) is 56.2 Å². The fourth-order valence-electron chi connectivity index (χ4n) is 3.87. The highest BCUT2D eigenvalue weighted by Gasteiger charge is 2.23. The molecule has 6 heteroatoms. The molecule has 1 amide bonds. The Morgan fingerprint density at radius 1 is 1.32 bits per heavy atom. The highest BCUT2D eigenvalue weighted by molar-refractivity contribution is 5.82. The number of rotatable bonds is 6. The molecule has 25 heavy (non-hydrogen) atoms. The lowest BCUT2D eigenvalue weighted by Crippen LogP contribution is -2.40. The molecule has 2 heterocycles. The smallest absolute Gasteiger partial charge is 0.237 e. The predicted molar refractivity (Wildman–Crippen MR) is 93.9 cm³/mol. The Morgan fingerprint density at radius 3 is 2.80 bits per heavy atom. The molecule has 0 radical (unpaired) electrons. The van der Waals surface area contributed by atoms with E-state index >= 15 is 0 Å². The summed E-state index contributed by atoms with van der Waals surface area (Å²) in [4.78, 5) is 16.5. The number of aromatic nitrogens is 1. The van der Waals surface area contributed by atoms with Crippen molar-refractivity contribution in [1.29, 1.82) is 0 Å². The van der Waals surface area contributed by atoms with E-state index in [1.807, 2.05) is 0 Å². The summed E-state index contributed by atoms with van der Waals surface area (Å²) < 4.78 is 19.8. The molecule has 1 aromatic rings. The quantitative estimate of drug-likeness (QED) is 0.829. The molecule has 1 atom stereocenters. The van der Waals surface area contributed by atoms with Gasteiger partial charge in [-0.05, 0) is 37.8 Å². The van der Waals surface area contributed by atoms with E-state index in [-0.39, 0.29) is 24.3 Å². The minimum atomic E-state index is -0.297. The van der Waals surface area contributed by atoms with Crippen molar-refractivity contribution < 1.29 is 13.9 Å². The Morgan fingerprint density at radius 2 is 2.12 bits per heavy atom. The standard InChI is InChI=1S/C19H28FN3O2/c1-25-19-14(12-22-18(24)16-8-5-9-21-16)11-15(20)17(23-19)10-13-6-3-2-4-7-13/h11,13,16,21H,2-10,12H2,1H3,(H,22,24)/t16-/m0/s1. The third kappa shape index (κ3) is 4.69. The highest BCUT2D eigenvalue weighted by atomic mass is 19.1. The summed E-state index contributed by atoms with van der Waals surface area (Å²) in [6, 6.07) is 1.32. The molecule has 1 aliphatic carbocycles.